The van der Waals surface area contributed by atoms with Gasteiger partial charge in [-0.1, -0.05) is 54.6 Å². The Balaban J connectivity index is 1.70. The lowest BCUT2D eigenvalue weighted by Crippen LogP contribution is -2.24. The van der Waals surface area contributed by atoms with E-state index in [-0.39, 0.29) is 5.91 Å². The van der Waals surface area contributed by atoms with Crippen molar-refractivity contribution in [1.82, 2.24) is 4.90 Å². The van der Waals surface area contributed by atoms with Crippen LogP contribution in [0.5, 0.6) is 0 Å². The zero-order valence-electron chi connectivity index (χ0n) is 14.4. The molecular weight excluding hydrogens is 402 g/mol. The quantitative estimate of drug-likeness (QED) is 0.665. The Bertz CT molecular complexity index is 1030. The number of fused-ring (bicyclic) bond motifs is 2. The van der Waals surface area contributed by atoms with Gasteiger partial charge in [0.1, 0.15) is 5.84 Å². The Morgan fingerprint density at radius 3 is 2.70 bits per heavy atom. The summed E-state index contributed by atoms with van der Waals surface area (Å²) in [6, 6.07) is 17.6. The van der Waals surface area contributed by atoms with E-state index in [1.807, 2.05) is 77.8 Å². The highest BCUT2D eigenvalue weighted by molar-refractivity contribution is 9.11. The average molecular weight is 418 g/mol. The van der Waals surface area contributed by atoms with Gasteiger partial charge in [-0.05, 0) is 45.3 Å². The third kappa shape index (κ3) is 4.04. The van der Waals surface area contributed by atoms with E-state index in [1.54, 1.807) is 6.08 Å². The Labute approximate surface area is 166 Å². The molecule has 2 aromatic rings. The molecule has 4 rings (SSSR count). The first-order chi connectivity index (χ1) is 13.2. The summed E-state index contributed by atoms with van der Waals surface area (Å²) in [6.07, 6.45) is 9.06. The molecule has 0 radical (unpaired) electrons. The smallest absolute Gasteiger partial charge is 0.271 e. The summed E-state index contributed by atoms with van der Waals surface area (Å²) >= 11 is 3.50. The molecule has 0 aliphatic carbocycles. The van der Waals surface area contributed by atoms with Crippen LogP contribution in [-0.4, -0.2) is 22.5 Å². The lowest BCUT2D eigenvalue weighted by molar-refractivity contribution is -0.113. The van der Waals surface area contributed by atoms with E-state index in [1.165, 1.54) is 6.08 Å². The number of amidine groups is 2. The van der Waals surface area contributed by atoms with Gasteiger partial charge < -0.3 is 4.90 Å². The van der Waals surface area contributed by atoms with Crippen molar-refractivity contribution in [2.75, 3.05) is 0 Å². The van der Waals surface area contributed by atoms with E-state index in [9.17, 15) is 4.79 Å². The number of hydrogen-bond acceptors (Lipinski definition) is 2. The zero-order valence-corrected chi connectivity index (χ0v) is 16.0. The van der Waals surface area contributed by atoms with Gasteiger partial charge in [0.15, 0.2) is 5.84 Å². The summed E-state index contributed by atoms with van der Waals surface area (Å²) in [7, 11) is 0. The van der Waals surface area contributed by atoms with Crippen LogP contribution in [0, 0.1) is 0 Å². The van der Waals surface area contributed by atoms with Crippen LogP contribution >= 0.6 is 15.9 Å². The molecule has 0 bridgehead atoms. The first-order valence-corrected chi connectivity index (χ1v) is 9.33. The highest BCUT2D eigenvalue weighted by atomic mass is 79.9. The molecule has 2 aromatic carbocycles. The van der Waals surface area contributed by atoms with Crippen LogP contribution in [0.1, 0.15) is 16.7 Å². The summed E-state index contributed by atoms with van der Waals surface area (Å²) in [5, 5.41) is 0. The van der Waals surface area contributed by atoms with Gasteiger partial charge in [-0.25, -0.2) is 4.99 Å². The second-order valence-corrected chi connectivity index (χ2v) is 7.04. The number of halogens is 1. The molecule has 4 nitrogen and oxygen atoms in total. The molecule has 0 atom stereocenters. The van der Waals surface area contributed by atoms with E-state index in [0.29, 0.717) is 12.4 Å². The van der Waals surface area contributed by atoms with Gasteiger partial charge in [0, 0.05) is 28.9 Å². The number of carbonyl (C=O) groups excluding carboxylic acids is 1. The highest BCUT2D eigenvalue weighted by Crippen LogP contribution is 2.23. The van der Waals surface area contributed by atoms with E-state index in [2.05, 4.69) is 25.9 Å². The van der Waals surface area contributed by atoms with Gasteiger partial charge in [0.25, 0.3) is 5.91 Å². The standard InChI is InChI=1S/C22H16BrN3O/c23-18-11-12-20-24-22(19-9-5-4-8-17(19)14-26(20)15-18)25-21(27)13-10-16-6-2-1-3-7-16/h1-13,15H,14H2. The van der Waals surface area contributed by atoms with Gasteiger partial charge in [0.05, 0.1) is 0 Å². The van der Waals surface area contributed by atoms with E-state index < -0.39 is 0 Å². The minimum absolute atomic E-state index is 0.335. The second-order valence-electron chi connectivity index (χ2n) is 6.12. The molecule has 0 saturated carbocycles. The van der Waals surface area contributed by atoms with Crippen LogP contribution in [0.2, 0.25) is 0 Å². The van der Waals surface area contributed by atoms with Gasteiger partial charge in [0.2, 0.25) is 0 Å². The van der Waals surface area contributed by atoms with E-state index in [4.69, 9.17) is 0 Å². The number of carbonyl (C=O) groups is 1. The van der Waals surface area contributed by atoms with Crippen molar-refractivity contribution in [3.63, 3.8) is 0 Å². The van der Waals surface area contributed by atoms with Gasteiger partial charge >= 0.3 is 0 Å². The topological polar surface area (TPSA) is 45.0 Å². The molecule has 0 unspecified atom stereocenters. The Morgan fingerprint density at radius 1 is 1.07 bits per heavy atom. The largest absolute Gasteiger partial charge is 0.327 e. The number of benzene rings is 2. The van der Waals surface area contributed by atoms with Crippen molar-refractivity contribution >= 4 is 39.6 Å². The summed E-state index contributed by atoms with van der Waals surface area (Å²) in [6.45, 7) is 0.668. The molecule has 0 saturated heterocycles. The molecule has 0 N–H and O–H groups in total. The molecule has 2 aliphatic rings. The van der Waals surface area contributed by atoms with Crippen LogP contribution < -0.4 is 0 Å². The molecule has 2 aliphatic heterocycles. The summed E-state index contributed by atoms with van der Waals surface area (Å²) in [5.74, 6) is 0.854. The van der Waals surface area contributed by atoms with E-state index in [0.717, 1.165) is 27.0 Å². The lowest BCUT2D eigenvalue weighted by Gasteiger charge is -2.21. The first-order valence-electron chi connectivity index (χ1n) is 8.54. The first kappa shape index (κ1) is 17.4. The Kier molecular flexibility index (Phi) is 4.94. The maximum Gasteiger partial charge on any atom is 0.271 e. The number of amides is 1. The maximum absolute atomic E-state index is 12.4. The molecule has 2 heterocycles. The Hall–Kier alpha value is -3.05. The fourth-order valence-corrected chi connectivity index (χ4v) is 3.30. The van der Waals surface area contributed by atoms with Crippen LogP contribution in [0.4, 0.5) is 0 Å². The highest BCUT2D eigenvalue weighted by Gasteiger charge is 2.21. The lowest BCUT2D eigenvalue weighted by atomic mass is 10.1. The van der Waals surface area contributed by atoms with Gasteiger partial charge in [-0.3, -0.25) is 4.79 Å². The normalized spacial score (nSPS) is 17.2. The summed E-state index contributed by atoms with van der Waals surface area (Å²) in [5.41, 5.74) is 2.90. The average Bonchev–Trinajstić information content (AvgIpc) is 2.83. The number of nitrogens with zero attached hydrogens (tertiary/aromatic N) is 3. The van der Waals surface area contributed by atoms with Crippen molar-refractivity contribution in [3.8, 4) is 0 Å². The van der Waals surface area contributed by atoms with Crippen molar-refractivity contribution in [1.29, 1.82) is 0 Å². The molecular formula is C22H16BrN3O. The van der Waals surface area contributed by atoms with Crippen LogP contribution in [0.15, 0.2) is 93.5 Å². The third-order valence-electron chi connectivity index (χ3n) is 4.22. The van der Waals surface area contributed by atoms with Crippen molar-refractivity contribution in [3.05, 3.63) is 100 Å². The number of rotatable bonds is 2. The van der Waals surface area contributed by atoms with Crippen LogP contribution in [0.25, 0.3) is 6.08 Å². The zero-order chi connectivity index (χ0) is 18.6. The van der Waals surface area contributed by atoms with Gasteiger partial charge in [-0.2, -0.15) is 4.99 Å². The van der Waals surface area contributed by atoms with Crippen molar-refractivity contribution in [2.24, 2.45) is 9.98 Å². The molecule has 5 heteroatoms. The molecule has 0 fully saturated rings. The number of aliphatic imine (C=N–C) groups is 2. The molecule has 27 heavy (non-hydrogen) atoms. The number of hydrogen-bond donors (Lipinski definition) is 0. The van der Waals surface area contributed by atoms with E-state index >= 15 is 0 Å². The molecule has 1 amide bonds. The van der Waals surface area contributed by atoms with Gasteiger partial charge in [-0.15, -0.1) is 0 Å². The predicted molar refractivity (Wildman–Crippen MR) is 113 cm³/mol. The molecule has 0 spiro atoms. The fourth-order valence-electron chi connectivity index (χ4n) is 2.92. The number of allylic oxidation sites excluding steroid dienone is 2. The summed E-state index contributed by atoms with van der Waals surface area (Å²) < 4.78 is 0.973. The molecule has 132 valence electrons. The minimum atomic E-state index is -0.335. The van der Waals surface area contributed by atoms with Crippen LogP contribution in [0.3, 0.4) is 0 Å². The SMILES string of the molecule is O=C(C=Cc1ccccc1)N=C1N=C2C=CC(Br)=CN2Cc2ccccc21. The molecule has 0 aromatic heterocycles. The Morgan fingerprint density at radius 2 is 1.85 bits per heavy atom. The van der Waals surface area contributed by atoms with Crippen molar-refractivity contribution < 1.29 is 4.79 Å². The third-order valence-corrected chi connectivity index (χ3v) is 4.69. The second kappa shape index (κ2) is 7.68. The monoisotopic (exact) mass is 417 g/mol. The van der Waals surface area contributed by atoms with Crippen LogP contribution in [-0.2, 0) is 11.3 Å². The predicted octanol–water partition coefficient (Wildman–Crippen LogP) is 4.69. The fraction of sp³-hybridized carbons (Fsp3) is 0.0455. The summed E-state index contributed by atoms with van der Waals surface area (Å²) in [4.78, 5) is 23.4. The minimum Gasteiger partial charge on any atom is -0.327 e. The van der Waals surface area contributed by atoms with Crippen molar-refractivity contribution in [2.45, 2.75) is 6.54 Å². The maximum atomic E-state index is 12.4.